The molecule has 0 aromatic heterocycles. The molecule has 2 N–H and O–H groups in total. The van der Waals surface area contributed by atoms with Gasteiger partial charge in [0.1, 0.15) is 11.3 Å². The highest BCUT2D eigenvalue weighted by atomic mass is 19.1. The highest BCUT2D eigenvalue weighted by molar-refractivity contribution is 5.68. The van der Waals surface area contributed by atoms with Gasteiger partial charge in [-0.1, -0.05) is 13.8 Å². The number of carbonyl (C=O) groups excluding carboxylic acids is 1. The third kappa shape index (κ3) is 3.81. The Hall–Kier alpha value is -0.840. The average Bonchev–Trinajstić information content (AvgIpc) is 2.26. The van der Waals surface area contributed by atoms with Crippen molar-refractivity contribution >= 4 is 6.09 Å². The Bertz CT molecular complexity index is 339. The van der Waals surface area contributed by atoms with E-state index in [1.807, 2.05) is 13.8 Å². The van der Waals surface area contributed by atoms with E-state index in [-0.39, 0.29) is 13.1 Å². The second kappa shape index (κ2) is 5.27. The van der Waals surface area contributed by atoms with Gasteiger partial charge in [-0.05, 0) is 33.6 Å². The largest absolute Gasteiger partial charge is 0.444 e. The molecule has 19 heavy (non-hydrogen) atoms. The zero-order valence-corrected chi connectivity index (χ0v) is 12.8. The number of hydrogen-bond acceptors (Lipinski definition) is 3. The zero-order chi connectivity index (χ0) is 14.9. The predicted octanol–water partition coefficient (Wildman–Crippen LogP) is 2.71. The fourth-order valence-corrected chi connectivity index (χ4v) is 2.23. The molecule has 1 rings (SSSR count). The number of halogens is 1. The Morgan fingerprint density at radius 1 is 1.37 bits per heavy atom. The zero-order valence-electron chi connectivity index (χ0n) is 12.8. The monoisotopic (exact) mass is 274 g/mol. The summed E-state index contributed by atoms with van der Waals surface area (Å²) in [5, 5.41) is 0. The van der Waals surface area contributed by atoms with Gasteiger partial charge in [0.15, 0.2) is 0 Å². The first kappa shape index (κ1) is 16.2. The Morgan fingerprint density at radius 3 is 2.42 bits per heavy atom. The van der Waals surface area contributed by atoms with E-state index in [0.29, 0.717) is 19.4 Å². The van der Waals surface area contributed by atoms with Gasteiger partial charge in [0, 0.05) is 18.5 Å². The number of ether oxygens (including phenoxy) is 1. The van der Waals surface area contributed by atoms with Crippen LogP contribution in [0.15, 0.2) is 0 Å². The van der Waals surface area contributed by atoms with Crippen LogP contribution in [0, 0.1) is 5.41 Å². The van der Waals surface area contributed by atoms with Crippen LogP contribution in [0.5, 0.6) is 0 Å². The van der Waals surface area contributed by atoms with Crippen molar-refractivity contribution in [3.63, 3.8) is 0 Å². The Kier molecular flexibility index (Phi) is 4.50. The minimum absolute atomic E-state index is 0.0616. The van der Waals surface area contributed by atoms with Crippen LogP contribution < -0.4 is 5.73 Å². The Morgan fingerprint density at radius 2 is 1.95 bits per heavy atom. The predicted molar refractivity (Wildman–Crippen MR) is 73.7 cm³/mol. The van der Waals surface area contributed by atoms with Gasteiger partial charge in [-0.15, -0.1) is 0 Å². The van der Waals surface area contributed by atoms with Crippen molar-refractivity contribution in [2.75, 3.05) is 19.6 Å². The number of hydrogen-bond donors (Lipinski definition) is 1. The molecule has 0 saturated carbocycles. The van der Waals surface area contributed by atoms with Gasteiger partial charge in [0.2, 0.25) is 0 Å². The van der Waals surface area contributed by atoms with Gasteiger partial charge < -0.3 is 15.4 Å². The molecule has 5 heteroatoms. The van der Waals surface area contributed by atoms with Crippen LogP contribution in [0.2, 0.25) is 0 Å². The molecule has 1 heterocycles. The Labute approximate surface area is 115 Å². The highest BCUT2D eigenvalue weighted by Crippen LogP contribution is 2.40. The standard InChI is InChI=1S/C14H27FN2O2/c1-12(2,3)19-11(18)17-8-6-7-14(15,10-17)13(4,5)9-16/h6-10,16H2,1-5H3. The number of amides is 1. The molecule has 1 saturated heterocycles. The van der Waals surface area contributed by atoms with Crippen LogP contribution >= 0.6 is 0 Å². The molecule has 0 bridgehead atoms. The molecule has 0 radical (unpaired) electrons. The first-order chi connectivity index (χ1) is 8.51. The quantitative estimate of drug-likeness (QED) is 0.842. The minimum atomic E-state index is -1.45. The van der Waals surface area contributed by atoms with Crippen molar-refractivity contribution in [3.05, 3.63) is 0 Å². The van der Waals surface area contributed by atoms with Gasteiger partial charge in [0.05, 0.1) is 6.54 Å². The fraction of sp³-hybridized carbons (Fsp3) is 0.929. The van der Waals surface area contributed by atoms with Crippen LogP contribution in [-0.4, -0.2) is 41.9 Å². The van der Waals surface area contributed by atoms with Crippen LogP contribution in [0.1, 0.15) is 47.5 Å². The fourth-order valence-electron chi connectivity index (χ4n) is 2.23. The lowest BCUT2D eigenvalue weighted by Crippen LogP contribution is -2.57. The molecule has 4 nitrogen and oxygen atoms in total. The van der Waals surface area contributed by atoms with Crippen molar-refractivity contribution in [2.45, 2.75) is 58.7 Å². The summed E-state index contributed by atoms with van der Waals surface area (Å²) in [5.74, 6) is 0. The van der Waals surface area contributed by atoms with Gasteiger partial charge in [-0.25, -0.2) is 9.18 Å². The van der Waals surface area contributed by atoms with Gasteiger partial charge >= 0.3 is 6.09 Å². The summed E-state index contributed by atoms with van der Waals surface area (Å²) in [7, 11) is 0. The number of nitrogens with zero attached hydrogens (tertiary/aromatic N) is 1. The number of alkyl halides is 1. The molecular formula is C14H27FN2O2. The van der Waals surface area contributed by atoms with E-state index in [0.717, 1.165) is 0 Å². The molecule has 1 aliphatic heterocycles. The number of piperidine rings is 1. The molecular weight excluding hydrogens is 247 g/mol. The first-order valence-corrected chi connectivity index (χ1v) is 6.88. The summed E-state index contributed by atoms with van der Waals surface area (Å²) in [4.78, 5) is 13.5. The van der Waals surface area contributed by atoms with Crippen LogP contribution in [-0.2, 0) is 4.74 Å². The highest BCUT2D eigenvalue weighted by Gasteiger charge is 2.48. The van der Waals surface area contributed by atoms with E-state index >= 15 is 4.39 Å². The summed E-state index contributed by atoms with van der Waals surface area (Å²) in [5.41, 5.74) is 3.02. The second-order valence-electron chi connectivity index (χ2n) is 7.06. The first-order valence-electron chi connectivity index (χ1n) is 6.88. The maximum atomic E-state index is 15.1. The van der Waals surface area contributed by atoms with E-state index in [1.54, 1.807) is 20.8 Å². The van der Waals surface area contributed by atoms with E-state index in [4.69, 9.17) is 10.5 Å². The van der Waals surface area contributed by atoms with Crippen molar-refractivity contribution in [1.82, 2.24) is 4.90 Å². The number of rotatable bonds is 2. The van der Waals surface area contributed by atoms with E-state index in [1.165, 1.54) is 4.90 Å². The molecule has 112 valence electrons. The van der Waals surface area contributed by atoms with Crippen molar-refractivity contribution in [1.29, 1.82) is 0 Å². The molecule has 1 fully saturated rings. The van der Waals surface area contributed by atoms with E-state index in [2.05, 4.69) is 0 Å². The number of likely N-dealkylation sites (tertiary alicyclic amines) is 1. The summed E-state index contributed by atoms with van der Waals surface area (Å²) in [6.07, 6.45) is 0.636. The maximum Gasteiger partial charge on any atom is 0.410 e. The van der Waals surface area contributed by atoms with Gasteiger partial charge in [-0.2, -0.15) is 0 Å². The van der Waals surface area contributed by atoms with E-state index < -0.39 is 22.8 Å². The van der Waals surface area contributed by atoms with Crippen LogP contribution in [0.3, 0.4) is 0 Å². The normalized spacial score (nSPS) is 25.3. The third-order valence-electron chi connectivity index (χ3n) is 3.82. The number of carbonyl (C=O) groups is 1. The molecule has 0 aromatic carbocycles. The van der Waals surface area contributed by atoms with E-state index in [9.17, 15) is 4.79 Å². The summed E-state index contributed by atoms with van der Waals surface area (Å²) in [6, 6.07) is 0. The molecule has 0 spiro atoms. The van der Waals surface area contributed by atoms with Crippen LogP contribution in [0.4, 0.5) is 9.18 Å². The van der Waals surface area contributed by atoms with Gasteiger partial charge in [0.25, 0.3) is 0 Å². The topological polar surface area (TPSA) is 55.6 Å². The molecule has 1 unspecified atom stereocenters. The summed E-state index contributed by atoms with van der Waals surface area (Å²) < 4.78 is 20.4. The SMILES string of the molecule is CC(C)(C)OC(=O)N1CCCC(F)(C(C)(C)CN)C1. The van der Waals surface area contributed by atoms with Crippen molar-refractivity contribution in [2.24, 2.45) is 11.1 Å². The lowest BCUT2D eigenvalue weighted by molar-refractivity contribution is -0.0515. The second-order valence-corrected chi connectivity index (χ2v) is 7.06. The lowest BCUT2D eigenvalue weighted by atomic mass is 9.72. The van der Waals surface area contributed by atoms with Crippen molar-refractivity contribution in [3.8, 4) is 0 Å². The average molecular weight is 274 g/mol. The Balaban J connectivity index is 2.77. The molecule has 0 aromatic rings. The maximum absolute atomic E-state index is 15.1. The van der Waals surface area contributed by atoms with Gasteiger partial charge in [-0.3, -0.25) is 0 Å². The summed E-state index contributed by atoms with van der Waals surface area (Å²) >= 11 is 0. The summed E-state index contributed by atoms with van der Waals surface area (Å²) in [6.45, 7) is 9.90. The number of nitrogens with two attached hydrogens (primary N) is 1. The van der Waals surface area contributed by atoms with Crippen LogP contribution in [0.25, 0.3) is 0 Å². The third-order valence-corrected chi connectivity index (χ3v) is 3.82. The molecule has 1 aliphatic rings. The smallest absolute Gasteiger partial charge is 0.410 e. The molecule has 1 amide bonds. The molecule has 1 atom stereocenters. The minimum Gasteiger partial charge on any atom is -0.444 e. The van der Waals surface area contributed by atoms with Crippen molar-refractivity contribution < 1.29 is 13.9 Å². The molecule has 0 aliphatic carbocycles. The lowest BCUT2D eigenvalue weighted by Gasteiger charge is -2.46.